The van der Waals surface area contributed by atoms with Crippen LogP contribution in [0, 0.1) is 11.3 Å². The molecule has 0 saturated heterocycles. The molecule has 158 valence electrons. The van der Waals surface area contributed by atoms with Crippen LogP contribution < -0.4 is 14.2 Å². The molecule has 7 nitrogen and oxygen atoms in total. The molecule has 0 fully saturated rings. The molecule has 31 heavy (non-hydrogen) atoms. The van der Waals surface area contributed by atoms with Crippen molar-refractivity contribution in [2.75, 3.05) is 20.8 Å². The van der Waals surface area contributed by atoms with E-state index >= 15 is 0 Å². The molecule has 3 aromatic rings. The third-order valence-corrected chi connectivity index (χ3v) is 4.64. The fourth-order valence-electron chi connectivity index (χ4n) is 2.77. The van der Waals surface area contributed by atoms with Crippen LogP contribution in [-0.2, 0) is 16.1 Å². The predicted molar refractivity (Wildman–Crippen MR) is 116 cm³/mol. The number of nitriles is 1. The van der Waals surface area contributed by atoms with E-state index in [4.69, 9.17) is 35.8 Å². The van der Waals surface area contributed by atoms with E-state index in [0.29, 0.717) is 33.9 Å². The van der Waals surface area contributed by atoms with Gasteiger partial charge in [0.05, 0.1) is 19.7 Å². The van der Waals surface area contributed by atoms with Gasteiger partial charge in [-0.3, -0.25) is 0 Å². The first-order chi connectivity index (χ1) is 15.0. The van der Waals surface area contributed by atoms with Gasteiger partial charge in [-0.15, -0.1) is 0 Å². The van der Waals surface area contributed by atoms with Gasteiger partial charge in [-0.25, -0.2) is 9.78 Å². The number of nitrogens with zero attached hydrogens (tertiary/aromatic N) is 2. The SMILES string of the molecule is COc1ccc2cc(COC(=O)C=Cc3ccc(OCC#N)c(OC)c3)c(Cl)nc2c1. The van der Waals surface area contributed by atoms with E-state index in [9.17, 15) is 4.79 Å². The summed E-state index contributed by atoms with van der Waals surface area (Å²) >= 11 is 6.23. The van der Waals surface area contributed by atoms with Gasteiger partial charge in [-0.1, -0.05) is 17.7 Å². The van der Waals surface area contributed by atoms with Crippen molar-refractivity contribution in [3.63, 3.8) is 0 Å². The summed E-state index contributed by atoms with van der Waals surface area (Å²) in [6.45, 7) is -0.0984. The topological polar surface area (TPSA) is 90.7 Å². The van der Waals surface area contributed by atoms with E-state index in [-0.39, 0.29) is 18.4 Å². The van der Waals surface area contributed by atoms with Crippen molar-refractivity contribution in [1.29, 1.82) is 5.26 Å². The van der Waals surface area contributed by atoms with Gasteiger partial charge in [-0.2, -0.15) is 5.26 Å². The highest BCUT2D eigenvalue weighted by molar-refractivity contribution is 6.30. The van der Waals surface area contributed by atoms with Crippen molar-refractivity contribution in [1.82, 2.24) is 4.98 Å². The number of carbonyl (C=O) groups excluding carboxylic acids is 1. The summed E-state index contributed by atoms with van der Waals surface area (Å²) in [5.41, 5.74) is 2.00. The number of pyridine rings is 1. The molecule has 0 aliphatic rings. The molecule has 1 aromatic heterocycles. The van der Waals surface area contributed by atoms with Crippen LogP contribution in [0.4, 0.5) is 0 Å². The smallest absolute Gasteiger partial charge is 0.331 e. The van der Waals surface area contributed by atoms with Crippen LogP contribution in [-0.4, -0.2) is 31.8 Å². The van der Waals surface area contributed by atoms with E-state index in [1.165, 1.54) is 13.2 Å². The highest BCUT2D eigenvalue weighted by Gasteiger charge is 2.09. The summed E-state index contributed by atoms with van der Waals surface area (Å²) < 4.78 is 21.0. The van der Waals surface area contributed by atoms with Crippen molar-refractivity contribution in [2.45, 2.75) is 6.61 Å². The van der Waals surface area contributed by atoms with Crippen molar-refractivity contribution < 1.29 is 23.7 Å². The number of carbonyl (C=O) groups is 1. The number of hydrogen-bond donors (Lipinski definition) is 0. The summed E-state index contributed by atoms with van der Waals surface area (Å²) in [5.74, 6) is 1.05. The molecule has 0 N–H and O–H groups in total. The number of ether oxygens (including phenoxy) is 4. The average molecular weight is 439 g/mol. The normalized spacial score (nSPS) is 10.6. The molecule has 0 unspecified atom stereocenters. The Morgan fingerprint density at radius 3 is 2.71 bits per heavy atom. The molecular formula is C23H19ClN2O5. The molecule has 0 aliphatic heterocycles. The molecule has 2 aromatic carbocycles. The number of halogens is 1. The second-order valence-corrected chi connectivity index (χ2v) is 6.65. The molecule has 0 amide bonds. The van der Waals surface area contributed by atoms with Crippen LogP contribution in [0.1, 0.15) is 11.1 Å². The third kappa shape index (κ3) is 5.65. The minimum Gasteiger partial charge on any atom is -0.497 e. The van der Waals surface area contributed by atoms with Gasteiger partial charge in [0.15, 0.2) is 18.1 Å². The highest BCUT2D eigenvalue weighted by Crippen LogP contribution is 2.28. The van der Waals surface area contributed by atoms with Crippen molar-refractivity contribution in [2.24, 2.45) is 0 Å². The Balaban J connectivity index is 1.65. The van der Waals surface area contributed by atoms with E-state index in [1.54, 1.807) is 37.5 Å². The number of esters is 1. The van der Waals surface area contributed by atoms with E-state index in [1.807, 2.05) is 24.3 Å². The van der Waals surface area contributed by atoms with Crippen LogP contribution in [0.5, 0.6) is 17.2 Å². The summed E-state index contributed by atoms with van der Waals surface area (Å²) in [5, 5.41) is 9.74. The first-order valence-corrected chi connectivity index (χ1v) is 9.57. The Hall–Kier alpha value is -3.76. The number of hydrogen-bond acceptors (Lipinski definition) is 7. The fourth-order valence-corrected chi connectivity index (χ4v) is 2.97. The number of benzene rings is 2. The molecule has 1 heterocycles. The Labute approximate surface area is 184 Å². The molecule has 0 atom stereocenters. The summed E-state index contributed by atoms with van der Waals surface area (Å²) in [7, 11) is 3.07. The molecule has 3 rings (SSSR count). The Morgan fingerprint density at radius 1 is 1.13 bits per heavy atom. The van der Waals surface area contributed by atoms with Gasteiger partial charge in [0.2, 0.25) is 0 Å². The molecule has 8 heteroatoms. The lowest BCUT2D eigenvalue weighted by Gasteiger charge is -2.09. The second kappa shape index (κ2) is 10.3. The third-order valence-electron chi connectivity index (χ3n) is 4.31. The Kier molecular flexibility index (Phi) is 7.31. The van der Waals surface area contributed by atoms with Gasteiger partial charge in [0, 0.05) is 23.1 Å². The van der Waals surface area contributed by atoms with E-state index < -0.39 is 5.97 Å². The number of aromatic nitrogens is 1. The molecule has 0 spiro atoms. The lowest BCUT2D eigenvalue weighted by molar-refractivity contribution is -0.138. The van der Waals surface area contributed by atoms with Crippen LogP contribution in [0.3, 0.4) is 0 Å². The predicted octanol–water partition coefficient (Wildman–Crippen LogP) is 4.56. The largest absolute Gasteiger partial charge is 0.497 e. The van der Waals surface area contributed by atoms with Gasteiger partial charge < -0.3 is 18.9 Å². The summed E-state index contributed by atoms with van der Waals surface area (Å²) in [6.07, 6.45) is 2.89. The monoisotopic (exact) mass is 438 g/mol. The fraction of sp³-hybridized carbons (Fsp3) is 0.174. The average Bonchev–Trinajstić information content (AvgIpc) is 2.79. The Morgan fingerprint density at radius 2 is 1.97 bits per heavy atom. The Bertz CT molecular complexity index is 1170. The van der Waals surface area contributed by atoms with Gasteiger partial charge in [0.1, 0.15) is 23.6 Å². The first-order valence-electron chi connectivity index (χ1n) is 9.20. The maximum Gasteiger partial charge on any atom is 0.331 e. The quantitative estimate of drug-likeness (QED) is 0.289. The van der Waals surface area contributed by atoms with Crippen LogP contribution in [0.15, 0.2) is 48.5 Å². The van der Waals surface area contributed by atoms with Gasteiger partial charge in [0.25, 0.3) is 0 Å². The van der Waals surface area contributed by atoms with Crippen molar-refractivity contribution in [3.8, 4) is 23.3 Å². The van der Waals surface area contributed by atoms with Crippen molar-refractivity contribution in [3.05, 3.63) is 64.8 Å². The molecule has 0 radical (unpaired) electrons. The van der Waals surface area contributed by atoms with Crippen LogP contribution in [0.2, 0.25) is 5.15 Å². The highest BCUT2D eigenvalue weighted by atomic mass is 35.5. The van der Waals surface area contributed by atoms with Gasteiger partial charge >= 0.3 is 5.97 Å². The zero-order chi connectivity index (χ0) is 22.2. The number of fused-ring (bicyclic) bond motifs is 1. The first kappa shape index (κ1) is 21.9. The maximum atomic E-state index is 12.1. The second-order valence-electron chi connectivity index (χ2n) is 6.30. The van der Waals surface area contributed by atoms with Crippen LogP contribution in [0.25, 0.3) is 17.0 Å². The molecule has 0 bridgehead atoms. The van der Waals surface area contributed by atoms with Crippen LogP contribution >= 0.6 is 11.6 Å². The summed E-state index contributed by atoms with van der Waals surface area (Å²) in [6, 6.07) is 14.3. The lowest BCUT2D eigenvalue weighted by atomic mass is 10.1. The standard InChI is InChI=1S/C23H19ClN2O5/c1-28-18-6-5-16-12-17(23(24)26-19(16)13-18)14-31-22(27)8-4-15-3-7-20(30-10-9-25)21(11-15)29-2/h3-8,11-13H,10,14H2,1-2H3. The molecule has 0 saturated carbocycles. The summed E-state index contributed by atoms with van der Waals surface area (Å²) in [4.78, 5) is 16.5. The van der Waals surface area contributed by atoms with E-state index in [2.05, 4.69) is 4.98 Å². The molecule has 0 aliphatic carbocycles. The minimum absolute atomic E-state index is 0.0127. The molecular weight excluding hydrogens is 420 g/mol. The number of methoxy groups -OCH3 is 2. The van der Waals surface area contributed by atoms with Gasteiger partial charge in [-0.05, 0) is 42.0 Å². The zero-order valence-corrected chi connectivity index (χ0v) is 17.7. The maximum absolute atomic E-state index is 12.1. The van der Waals surface area contributed by atoms with E-state index in [0.717, 1.165) is 5.39 Å². The number of rotatable bonds is 8. The minimum atomic E-state index is -0.533. The van der Waals surface area contributed by atoms with Crippen molar-refractivity contribution >= 4 is 34.5 Å². The lowest BCUT2D eigenvalue weighted by Crippen LogP contribution is -2.02. The zero-order valence-electron chi connectivity index (χ0n) is 16.9.